The van der Waals surface area contributed by atoms with E-state index in [1.54, 1.807) is 17.5 Å². The average Bonchev–Trinajstić information content (AvgIpc) is 3.38. The Morgan fingerprint density at radius 2 is 1.86 bits per heavy atom. The van der Waals surface area contributed by atoms with Gasteiger partial charge in [-0.05, 0) is 30.7 Å². The molecule has 1 aromatic heterocycles. The van der Waals surface area contributed by atoms with E-state index in [2.05, 4.69) is 4.90 Å². The number of piperazine rings is 1. The van der Waals surface area contributed by atoms with Gasteiger partial charge in [-0.1, -0.05) is 6.07 Å². The van der Waals surface area contributed by atoms with E-state index in [1.807, 2.05) is 4.90 Å². The molecule has 11 heteroatoms. The lowest BCUT2D eigenvalue weighted by Crippen LogP contribution is -2.55. The molecule has 0 radical (unpaired) electrons. The van der Waals surface area contributed by atoms with Gasteiger partial charge in [0.05, 0.1) is 17.4 Å². The van der Waals surface area contributed by atoms with Gasteiger partial charge in [-0.25, -0.2) is 16.8 Å². The van der Waals surface area contributed by atoms with Gasteiger partial charge in [-0.2, -0.15) is 4.31 Å². The molecule has 8 nitrogen and oxygen atoms in total. The first-order valence-electron chi connectivity index (χ1n) is 10.0. The molecular weight excluding hydrogens is 434 g/mol. The number of piperidine rings is 1. The number of hydrogen-bond donors (Lipinski definition) is 0. The second-order valence-electron chi connectivity index (χ2n) is 8.05. The highest BCUT2D eigenvalue weighted by molar-refractivity contribution is 7.91. The van der Waals surface area contributed by atoms with Crippen LogP contribution >= 0.6 is 11.3 Å². The molecule has 0 aliphatic carbocycles. The van der Waals surface area contributed by atoms with E-state index in [1.165, 1.54) is 15.6 Å². The summed E-state index contributed by atoms with van der Waals surface area (Å²) in [5, 5.41) is 1.74. The second-order valence-corrected chi connectivity index (χ2v) is 13.4. The van der Waals surface area contributed by atoms with Gasteiger partial charge in [0, 0.05) is 45.3 Å². The average molecular weight is 462 g/mol. The maximum absolute atomic E-state index is 13.0. The van der Waals surface area contributed by atoms with Crippen molar-refractivity contribution in [3.63, 3.8) is 0 Å². The minimum atomic E-state index is -3.53. The van der Waals surface area contributed by atoms with Crippen molar-refractivity contribution in [2.45, 2.75) is 29.5 Å². The van der Waals surface area contributed by atoms with E-state index in [0.29, 0.717) is 56.2 Å². The van der Waals surface area contributed by atoms with Crippen molar-refractivity contribution in [1.82, 2.24) is 14.1 Å². The van der Waals surface area contributed by atoms with Gasteiger partial charge in [0.1, 0.15) is 4.21 Å². The summed E-state index contributed by atoms with van der Waals surface area (Å²) in [6.45, 7) is 3.19. The van der Waals surface area contributed by atoms with Crippen molar-refractivity contribution in [3.8, 4) is 0 Å². The van der Waals surface area contributed by atoms with E-state index in [9.17, 15) is 21.6 Å². The summed E-state index contributed by atoms with van der Waals surface area (Å²) in [6.07, 6.45) is 2.06. The normalized spacial score (nSPS) is 29.2. The van der Waals surface area contributed by atoms with Crippen LogP contribution in [-0.2, 0) is 24.7 Å². The molecule has 0 spiro atoms. The monoisotopic (exact) mass is 461 g/mol. The predicted molar refractivity (Wildman–Crippen MR) is 111 cm³/mol. The van der Waals surface area contributed by atoms with Gasteiger partial charge in [0.2, 0.25) is 5.91 Å². The Morgan fingerprint density at radius 1 is 1.10 bits per heavy atom. The molecule has 2 atom stereocenters. The zero-order valence-electron chi connectivity index (χ0n) is 16.3. The minimum absolute atomic E-state index is 0.0229. The summed E-state index contributed by atoms with van der Waals surface area (Å²) in [7, 11) is -6.45. The Hall–Kier alpha value is -1.01. The van der Waals surface area contributed by atoms with Crippen LogP contribution in [0.5, 0.6) is 0 Å². The molecule has 3 aliphatic rings. The van der Waals surface area contributed by atoms with Crippen LogP contribution in [0.1, 0.15) is 19.3 Å². The van der Waals surface area contributed by atoms with Crippen LogP contribution < -0.4 is 0 Å². The van der Waals surface area contributed by atoms with Crippen molar-refractivity contribution in [3.05, 3.63) is 17.5 Å². The smallest absolute Gasteiger partial charge is 0.252 e. The van der Waals surface area contributed by atoms with Crippen LogP contribution in [0.15, 0.2) is 21.7 Å². The third-order valence-electron chi connectivity index (χ3n) is 6.17. The number of carbonyl (C=O) groups is 1. The predicted octanol–water partition coefficient (Wildman–Crippen LogP) is 0.480. The van der Waals surface area contributed by atoms with Gasteiger partial charge in [-0.3, -0.25) is 9.69 Å². The summed E-state index contributed by atoms with van der Waals surface area (Å²) in [4.78, 5) is 17.0. The Balaban J connectivity index is 1.34. The zero-order chi connectivity index (χ0) is 20.6. The third-order valence-corrected chi connectivity index (χ3v) is 11.2. The topological polar surface area (TPSA) is 95.1 Å². The van der Waals surface area contributed by atoms with Crippen LogP contribution in [-0.4, -0.2) is 93.7 Å². The van der Waals surface area contributed by atoms with Crippen LogP contribution in [0.3, 0.4) is 0 Å². The van der Waals surface area contributed by atoms with Crippen molar-refractivity contribution in [1.29, 1.82) is 0 Å². The van der Waals surface area contributed by atoms with E-state index in [-0.39, 0.29) is 35.9 Å². The first-order chi connectivity index (χ1) is 13.8. The number of nitrogens with zero attached hydrogens (tertiary/aromatic N) is 3. The number of thiophene rings is 1. The number of rotatable bonds is 4. The number of amides is 1. The van der Waals surface area contributed by atoms with E-state index >= 15 is 0 Å². The maximum Gasteiger partial charge on any atom is 0.252 e. The largest absolute Gasteiger partial charge is 0.340 e. The second kappa shape index (κ2) is 8.26. The lowest BCUT2D eigenvalue weighted by molar-refractivity contribution is -0.138. The fourth-order valence-electron chi connectivity index (χ4n) is 4.53. The zero-order valence-corrected chi connectivity index (χ0v) is 18.7. The quantitative estimate of drug-likeness (QED) is 0.647. The SMILES string of the molecule is O=C([C@@H]1CCCN(S(=O)(=O)c2cccs2)C1)N1CCN([C@@H]2CCS(=O)(=O)C2)CC1. The lowest BCUT2D eigenvalue weighted by Gasteiger charge is -2.40. The van der Waals surface area contributed by atoms with Crippen LogP contribution in [0.4, 0.5) is 0 Å². The Kier molecular flexibility index (Phi) is 6.04. The number of sulfone groups is 1. The molecule has 4 rings (SSSR count). The summed E-state index contributed by atoms with van der Waals surface area (Å²) < 4.78 is 50.8. The summed E-state index contributed by atoms with van der Waals surface area (Å²) in [5.74, 6) is 0.193. The van der Waals surface area contributed by atoms with Crippen molar-refractivity contribution in [2.75, 3.05) is 50.8 Å². The molecule has 162 valence electrons. The van der Waals surface area contributed by atoms with Gasteiger partial charge >= 0.3 is 0 Å². The van der Waals surface area contributed by atoms with Gasteiger partial charge in [0.15, 0.2) is 9.84 Å². The van der Waals surface area contributed by atoms with Crippen molar-refractivity contribution < 1.29 is 21.6 Å². The summed E-state index contributed by atoms with van der Waals surface area (Å²) >= 11 is 1.20. The standard InChI is InChI=1S/C18H27N3O5S3/c22-18(20-9-7-19(8-10-20)16-5-12-28(23,24)14-16)15-3-1-6-21(13-15)29(25,26)17-4-2-11-27-17/h2,4,11,15-16H,1,3,5-10,12-14H2/t15-,16-/m1/s1. The third kappa shape index (κ3) is 4.53. The molecule has 0 unspecified atom stereocenters. The van der Waals surface area contributed by atoms with Crippen LogP contribution in [0.25, 0.3) is 0 Å². The molecule has 0 aromatic carbocycles. The number of carbonyl (C=O) groups excluding carboxylic acids is 1. The van der Waals surface area contributed by atoms with Gasteiger partial charge in [-0.15, -0.1) is 11.3 Å². The van der Waals surface area contributed by atoms with Crippen molar-refractivity contribution in [2.24, 2.45) is 5.92 Å². The molecule has 4 heterocycles. The first kappa shape index (κ1) is 21.2. The minimum Gasteiger partial charge on any atom is -0.340 e. The van der Waals surface area contributed by atoms with E-state index in [0.717, 1.165) is 0 Å². The van der Waals surface area contributed by atoms with Crippen molar-refractivity contribution >= 4 is 37.1 Å². The first-order valence-corrected chi connectivity index (χ1v) is 14.2. The number of sulfonamides is 1. The van der Waals surface area contributed by atoms with Crippen LogP contribution in [0.2, 0.25) is 0 Å². The molecular formula is C18H27N3O5S3. The molecule has 29 heavy (non-hydrogen) atoms. The highest BCUT2D eigenvalue weighted by Crippen LogP contribution is 2.28. The molecule has 3 aliphatic heterocycles. The van der Waals surface area contributed by atoms with Crippen LogP contribution in [0, 0.1) is 5.92 Å². The van der Waals surface area contributed by atoms with Gasteiger partial charge in [0.25, 0.3) is 10.0 Å². The summed E-state index contributed by atoms with van der Waals surface area (Å²) in [6, 6.07) is 3.39. The fourth-order valence-corrected chi connectivity index (χ4v) is 8.96. The Bertz CT molecular complexity index is 937. The van der Waals surface area contributed by atoms with Gasteiger partial charge < -0.3 is 4.90 Å². The maximum atomic E-state index is 13.0. The summed E-state index contributed by atoms with van der Waals surface area (Å²) in [5.41, 5.74) is 0. The molecule has 3 fully saturated rings. The molecule has 3 saturated heterocycles. The number of hydrogen-bond acceptors (Lipinski definition) is 7. The molecule has 0 N–H and O–H groups in total. The Labute approximate surface area is 176 Å². The molecule has 1 aromatic rings. The van der Waals surface area contributed by atoms with E-state index in [4.69, 9.17) is 0 Å². The highest BCUT2D eigenvalue weighted by atomic mass is 32.2. The lowest BCUT2D eigenvalue weighted by atomic mass is 9.97. The fraction of sp³-hybridized carbons (Fsp3) is 0.722. The molecule has 1 amide bonds. The van der Waals surface area contributed by atoms with E-state index < -0.39 is 19.9 Å². The molecule has 0 bridgehead atoms. The Morgan fingerprint density at radius 3 is 2.48 bits per heavy atom. The highest BCUT2D eigenvalue weighted by Gasteiger charge is 2.38. The molecule has 0 saturated carbocycles.